The molecule has 0 fully saturated rings. The first-order valence-electron chi connectivity index (χ1n) is 6.50. The quantitative estimate of drug-likeness (QED) is 0.907. The lowest BCUT2D eigenvalue weighted by molar-refractivity contribution is 0.411. The normalized spacial score (nSPS) is 11.8. The van der Waals surface area contributed by atoms with E-state index in [1.165, 1.54) is 6.07 Å². The van der Waals surface area contributed by atoms with Gasteiger partial charge in [-0.15, -0.1) is 0 Å². The summed E-state index contributed by atoms with van der Waals surface area (Å²) in [5.41, 5.74) is 0.480. The molecular formula is C15H18BrFN2O. The molecule has 0 aliphatic carbocycles. The van der Waals surface area contributed by atoms with Gasteiger partial charge in [0.05, 0.1) is 11.8 Å². The summed E-state index contributed by atoms with van der Waals surface area (Å²) in [4.78, 5) is 4.19. The SMILES string of the molecule is CC(C)(C)NCCc1ncc(-c2cc(Br)ccc2F)o1. The van der Waals surface area contributed by atoms with Gasteiger partial charge in [0.2, 0.25) is 0 Å². The van der Waals surface area contributed by atoms with Crippen molar-refractivity contribution in [3.8, 4) is 11.3 Å². The Hall–Kier alpha value is -1.20. The van der Waals surface area contributed by atoms with Gasteiger partial charge in [0.15, 0.2) is 11.7 Å². The second-order valence-corrected chi connectivity index (χ2v) is 6.58. The first-order valence-corrected chi connectivity index (χ1v) is 7.29. The first kappa shape index (κ1) is 15.2. The van der Waals surface area contributed by atoms with Crippen LogP contribution in [0.15, 0.2) is 33.3 Å². The highest BCUT2D eigenvalue weighted by atomic mass is 79.9. The van der Waals surface area contributed by atoms with Crippen LogP contribution in [0.2, 0.25) is 0 Å². The average Bonchev–Trinajstić information content (AvgIpc) is 2.79. The molecule has 3 nitrogen and oxygen atoms in total. The molecule has 108 valence electrons. The maximum atomic E-state index is 13.8. The zero-order chi connectivity index (χ0) is 14.8. The van der Waals surface area contributed by atoms with Gasteiger partial charge in [-0.1, -0.05) is 15.9 Å². The summed E-state index contributed by atoms with van der Waals surface area (Å²) in [5, 5.41) is 3.36. The van der Waals surface area contributed by atoms with Gasteiger partial charge in [0, 0.05) is 23.0 Å². The van der Waals surface area contributed by atoms with E-state index in [9.17, 15) is 4.39 Å². The molecule has 1 heterocycles. The van der Waals surface area contributed by atoms with Gasteiger partial charge in [-0.05, 0) is 39.0 Å². The van der Waals surface area contributed by atoms with Gasteiger partial charge >= 0.3 is 0 Å². The van der Waals surface area contributed by atoms with Crippen LogP contribution in [0.4, 0.5) is 4.39 Å². The van der Waals surface area contributed by atoms with Crippen LogP contribution in [-0.2, 0) is 6.42 Å². The monoisotopic (exact) mass is 340 g/mol. The van der Waals surface area contributed by atoms with E-state index in [4.69, 9.17) is 4.42 Å². The summed E-state index contributed by atoms with van der Waals surface area (Å²) in [7, 11) is 0. The third kappa shape index (κ3) is 4.15. The Morgan fingerprint density at radius 3 is 2.80 bits per heavy atom. The van der Waals surface area contributed by atoms with Crippen molar-refractivity contribution in [3.63, 3.8) is 0 Å². The van der Waals surface area contributed by atoms with Gasteiger partial charge < -0.3 is 9.73 Å². The number of nitrogens with one attached hydrogen (secondary N) is 1. The lowest BCUT2D eigenvalue weighted by Gasteiger charge is -2.19. The fraction of sp³-hybridized carbons (Fsp3) is 0.400. The van der Waals surface area contributed by atoms with E-state index in [-0.39, 0.29) is 11.4 Å². The topological polar surface area (TPSA) is 38.1 Å². The van der Waals surface area contributed by atoms with Crippen LogP contribution in [0.25, 0.3) is 11.3 Å². The Balaban J connectivity index is 2.07. The second-order valence-electron chi connectivity index (χ2n) is 5.67. The molecule has 20 heavy (non-hydrogen) atoms. The zero-order valence-electron chi connectivity index (χ0n) is 11.8. The standard InChI is InChI=1S/C15H18BrFN2O/c1-15(2,3)19-7-6-14-18-9-13(20-14)11-8-10(16)4-5-12(11)17/h4-5,8-9,19H,6-7H2,1-3H3. The van der Waals surface area contributed by atoms with Gasteiger partial charge in [-0.2, -0.15) is 0 Å². The van der Waals surface area contributed by atoms with Crippen molar-refractivity contribution in [2.45, 2.75) is 32.7 Å². The number of rotatable bonds is 4. The Morgan fingerprint density at radius 2 is 2.10 bits per heavy atom. The van der Waals surface area contributed by atoms with Crippen LogP contribution in [0.5, 0.6) is 0 Å². The zero-order valence-corrected chi connectivity index (χ0v) is 13.4. The minimum atomic E-state index is -0.316. The second kappa shape index (κ2) is 6.06. The molecule has 5 heteroatoms. The Kier molecular flexibility index (Phi) is 4.60. The van der Waals surface area contributed by atoms with Crippen molar-refractivity contribution in [2.75, 3.05) is 6.54 Å². The van der Waals surface area contributed by atoms with Crippen LogP contribution >= 0.6 is 15.9 Å². The number of nitrogens with zero attached hydrogens (tertiary/aromatic N) is 1. The molecule has 0 atom stereocenters. The molecule has 0 aliphatic heterocycles. The highest BCUT2D eigenvalue weighted by Crippen LogP contribution is 2.26. The number of aromatic nitrogens is 1. The molecule has 0 bridgehead atoms. The number of halogens is 2. The third-order valence-corrected chi connectivity index (χ3v) is 3.23. The van der Waals surface area contributed by atoms with E-state index in [1.54, 1.807) is 18.3 Å². The van der Waals surface area contributed by atoms with E-state index in [0.717, 1.165) is 11.0 Å². The van der Waals surface area contributed by atoms with Crippen LogP contribution < -0.4 is 5.32 Å². The number of oxazole rings is 1. The minimum absolute atomic E-state index is 0.0613. The van der Waals surface area contributed by atoms with Gasteiger partial charge in [-0.25, -0.2) is 9.37 Å². The lowest BCUT2D eigenvalue weighted by atomic mass is 10.1. The largest absolute Gasteiger partial charge is 0.441 e. The van der Waals surface area contributed by atoms with Crippen molar-refractivity contribution in [1.82, 2.24) is 10.3 Å². The van der Waals surface area contributed by atoms with E-state index < -0.39 is 0 Å². The Bertz CT molecular complexity index is 590. The predicted molar refractivity (Wildman–Crippen MR) is 81.1 cm³/mol. The molecule has 0 aliphatic rings. The van der Waals surface area contributed by atoms with Crippen molar-refractivity contribution in [3.05, 3.63) is 40.6 Å². The fourth-order valence-electron chi connectivity index (χ4n) is 1.78. The smallest absolute Gasteiger partial charge is 0.196 e. The first-order chi connectivity index (χ1) is 9.35. The van der Waals surface area contributed by atoms with Crippen molar-refractivity contribution >= 4 is 15.9 Å². The van der Waals surface area contributed by atoms with Crippen molar-refractivity contribution in [1.29, 1.82) is 0 Å². The van der Waals surface area contributed by atoms with Gasteiger partial charge in [0.25, 0.3) is 0 Å². The average molecular weight is 341 g/mol. The summed E-state index contributed by atoms with van der Waals surface area (Å²) in [6, 6.07) is 4.75. The molecule has 0 spiro atoms. The molecule has 1 N–H and O–H groups in total. The molecule has 0 radical (unpaired) electrons. The van der Waals surface area contributed by atoms with Crippen molar-refractivity contribution in [2.24, 2.45) is 0 Å². The van der Waals surface area contributed by atoms with E-state index in [2.05, 4.69) is 47.0 Å². The minimum Gasteiger partial charge on any atom is -0.441 e. The van der Waals surface area contributed by atoms with E-state index >= 15 is 0 Å². The molecule has 0 unspecified atom stereocenters. The van der Waals surface area contributed by atoms with E-state index in [1.807, 2.05) is 0 Å². The summed E-state index contributed by atoms with van der Waals surface area (Å²) in [5.74, 6) is 0.745. The van der Waals surface area contributed by atoms with Crippen LogP contribution in [-0.4, -0.2) is 17.1 Å². The summed E-state index contributed by atoms with van der Waals surface area (Å²) in [6.07, 6.45) is 2.24. The van der Waals surface area contributed by atoms with Crippen LogP contribution in [0.1, 0.15) is 26.7 Å². The van der Waals surface area contributed by atoms with Crippen LogP contribution in [0.3, 0.4) is 0 Å². The number of benzene rings is 1. The fourth-order valence-corrected chi connectivity index (χ4v) is 2.14. The van der Waals surface area contributed by atoms with Gasteiger partial charge in [-0.3, -0.25) is 0 Å². The molecule has 0 amide bonds. The van der Waals surface area contributed by atoms with Crippen LogP contribution in [0, 0.1) is 5.82 Å². The summed E-state index contributed by atoms with van der Waals surface area (Å²) in [6.45, 7) is 7.07. The lowest BCUT2D eigenvalue weighted by Crippen LogP contribution is -2.37. The third-order valence-electron chi connectivity index (χ3n) is 2.74. The molecule has 1 aromatic heterocycles. The number of hydrogen-bond acceptors (Lipinski definition) is 3. The summed E-state index contributed by atoms with van der Waals surface area (Å²) < 4.78 is 20.2. The Morgan fingerprint density at radius 1 is 1.35 bits per heavy atom. The van der Waals surface area contributed by atoms with Gasteiger partial charge in [0.1, 0.15) is 5.82 Å². The molecule has 0 saturated carbocycles. The molecular weight excluding hydrogens is 323 g/mol. The molecule has 2 rings (SSSR count). The number of hydrogen-bond donors (Lipinski definition) is 1. The van der Waals surface area contributed by atoms with E-state index in [0.29, 0.717) is 23.6 Å². The maximum Gasteiger partial charge on any atom is 0.196 e. The predicted octanol–water partition coefficient (Wildman–Crippen LogP) is 4.17. The summed E-state index contributed by atoms with van der Waals surface area (Å²) >= 11 is 3.33. The molecule has 0 saturated heterocycles. The highest BCUT2D eigenvalue weighted by molar-refractivity contribution is 9.10. The van der Waals surface area contributed by atoms with Crippen molar-refractivity contribution < 1.29 is 8.81 Å². The maximum absolute atomic E-state index is 13.8. The Labute approximate surface area is 126 Å². The highest BCUT2D eigenvalue weighted by Gasteiger charge is 2.13. The molecule has 1 aromatic carbocycles. The molecule has 2 aromatic rings.